The molecular formula is C16H19ClN2O3S. The first-order valence-electron chi connectivity index (χ1n) is 6.98. The molecule has 0 aliphatic rings. The van der Waals surface area contributed by atoms with Crippen LogP contribution in [0.5, 0.6) is 5.75 Å². The second kappa shape index (κ2) is 9.99. The molecule has 124 valence electrons. The van der Waals surface area contributed by atoms with Crippen LogP contribution in [0.1, 0.15) is 22.5 Å². The van der Waals surface area contributed by atoms with E-state index in [4.69, 9.17) is 10.5 Å². The van der Waals surface area contributed by atoms with Gasteiger partial charge in [0.15, 0.2) is 5.78 Å². The fourth-order valence-electron chi connectivity index (χ4n) is 1.82. The molecule has 1 aromatic heterocycles. The maximum absolute atomic E-state index is 11.8. The monoisotopic (exact) mass is 354 g/mol. The van der Waals surface area contributed by atoms with Crippen molar-refractivity contribution in [1.29, 1.82) is 0 Å². The number of hydrogen-bond acceptors (Lipinski definition) is 5. The van der Waals surface area contributed by atoms with Crippen LogP contribution in [0.25, 0.3) is 0 Å². The standard InChI is InChI=1S/C16H18N2O3S.ClH/c17-9-10-21-13-5-3-12(4-6-13)18-16(20)8-7-14(19)15-2-1-11-22-15;/h1-6,11H,7-10,17H2,(H,18,20);1H. The molecule has 0 atom stereocenters. The molecule has 1 heterocycles. The van der Waals surface area contributed by atoms with Gasteiger partial charge in [-0.05, 0) is 35.7 Å². The zero-order valence-electron chi connectivity index (χ0n) is 12.5. The van der Waals surface area contributed by atoms with Gasteiger partial charge in [0, 0.05) is 25.1 Å². The summed E-state index contributed by atoms with van der Waals surface area (Å²) in [5, 5.41) is 4.61. The van der Waals surface area contributed by atoms with Crippen molar-refractivity contribution in [3.8, 4) is 5.75 Å². The molecule has 3 N–H and O–H groups in total. The second-order valence-corrected chi connectivity index (χ2v) is 5.56. The van der Waals surface area contributed by atoms with Crippen LogP contribution in [0.3, 0.4) is 0 Å². The Morgan fingerprint density at radius 3 is 2.48 bits per heavy atom. The number of rotatable bonds is 8. The predicted molar refractivity (Wildman–Crippen MR) is 94.8 cm³/mol. The van der Waals surface area contributed by atoms with E-state index in [2.05, 4.69) is 5.32 Å². The van der Waals surface area contributed by atoms with Crippen molar-refractivity contribution in [2.45, 2.75) is 12.8 Å². The molecule has 0 saturated heterocycles. The van der Waals surface area contributed by atoms with Crippen LogP contribution < -0.4 is 15.8 Å². The summed E-state index contributed by atoms with van der Waals surface area (Å²) in [4.78, 5) is 24.3. The lowest BCUT2D eigenvalue weighted by Crippen LogP contribution is -2.13. The van der Waals surface area contributed by atoms with Gasteiger partial charge >= 0.3 is 0 Å². The average molecular weight is 355 g/mol. The number of carbonyl (C=O) groups is 2. The third-order valence-corrected chi connectivity index (χ3v) is 3.81. The summed E-state index contributed by atoms with van der Waals surface area (Å²) in [5.41, 5.74) is 6.03. The Morgan fingerprint density at radius 2 is 1.87 bits per heavy atom. The Labute approximate surface area is 145 Å². The lowest BCUT2D eigenvalue weighted by atomic mass is 10.2. The van der Waals surface area contributed by atoms with E-state index in [9.17, 15) is 9.59 Å². The van der Waals surface area contributed by atoms with Gasteiger partial charge in [-0.25, -0.2) is 0 Å². The molecule has 0 fully saturated rings. The zero-order valence-corrected chi connectivity index (χ0v) is 14.1. The Morgan fingerprint density at radius 1 is 1.13 bits per heavy atom. The number of nitrogens with two attached hydrogens (primary N) is 1. The van der Waals surface area contributed by atoms with E-state index in [1.807, 2.05) is 11.4 Å². The van der Waals surface area contributed by atoms with Crippen molar-refractivity contribution in [3.63, 3.8) is 0 Å². The molecule has 0 saturated carbocycles. The summed E-state index contributed by atoms with van der Waals surface area (Å²) in [6.45, 7) is 0.910. The molecule has 2 rings (SSSR count). The van der Waals surface area contributed by atoms with Crippen molar-refractivity contribution >= 4 is 41.1 Å². The second-order valence-electron chi connectivity index (χ2n) is 4.61. The number of thiophene rings is 1. The van der Waals surface area contributed by atoms with Crippen LogP contribution in [0.15, 0.2) is 41.8 Å². The Hall–Kier alpha value is -1.89. The maximum Gasteiger partial charge on any atom is 0.224 e. The summed E-state index contributed by atoms with van der Waals surface area (Å²) in [7, 11) is 0. The smallest absolute Gasteiger partial charge is 0.224 e. The number of anilines is 1. The molecular weight excluding hydrogens is 336 g/mol. The van der Waals surface area contributed by atoms with Crippen LogP contribution in [0.4, 0.5) is 5.69 Å². The molecule has 0 aliphatic heterocycles. The number of halogens is 1. The largest absolute Gasteiger partial charge is 0.492 e. The molecule has 2 aromatic rings. The van der Waals surface area contributed by atoms with Gasteiger partial charge in [0.2, 0.25) is 5.91 Å². The highest BCUT2D eigenvalue weighted by Gasteiger charge is 2.10. The summed E-state index contributed by atoms with van der Waals surface area (Å²) in [6.07, 6.45) is 0.381. The van der Waals surface area contributed by atoms with E-state index in [0.717, 1.165) is 0 Å². The highest BCUT2D eigenvalue weighted by Crippen LogP contribution is 2.16. The zero-order chi connectivity index (χ0) is 15.8. The van der Waals surface area contributed by atoms with Crippen LogP contribution in [-0.4, -0.2) is 24.8 Å². The molecule has 1 amide bonds. The summed E-state index contributed by atoms with van der Waals surface area (Å²) in [6, 6.07) is 10.6. The van der Waals surface area contributed by atoms with Crippen LogP contribution in [0.2, 0.25) is 0 Å². The predicted octanol–water partition coefficient (Wildman–Crippen LogP) is 3.11. The van der Waals surface area contributed by atoms with Crippen molar-refractivity contribution in [2.75, 3.05) is 18.5 Å². The first kappa shape index (κ1) is 19.2. The number of amides is 1. The van der Waals surface area contributed by atoms with Crippen molar-refractivity contribution < 1.29 is 14.3 Å². The van der Waals surface area contributed by atoms with Crippen molar-refractivity contribution in [1.82, 2.24) is 0 Å². The maximum atomic E-state index is 11.8. The van der Waals surface area contributed by atoms with Crippen LogP contribution >= 0.6 is 23.7 Å². The SMILES string of the molecule is Cl.NCCOc1ccc(NC(=O)CCC(=O)c2cccs2)cc1. The van der Waals surface area contributed by atoms with Gasteiger partial charge in [0.05, 0.1) is 4.88 Å². The van der Waals surface area contributed by atoms with Gasteiger partial charge < -0.3 is 15.8 Å². The topological polar surface area (TPSA) is 81.4 Å². The molecule has 0 unspecified atom stereocenters. The number of nitrogens with one attached hydrogen (secondary N) is 1. The Kier molecular flexibility index (Phi) is 8.32. The fourth-order valence-corrected chi connectivity index (χ4v) is 2.52. The molecule has 0 spiro atoms. The molecule has 23 heavy (non-hydrogen) atoms. The molecule has 0 radical (unpaired) electrons. The quantitative estimate of drug-likeness (QED) is 0.714. The van der Waals surface area contributed by atoms with E-state index in [0.29, 0.717) is 29.5 Å². The normalized spacial score (nSPS) is 9.78. The van der Waals surface area contributed by atoms with Gasteiger partial charge in [-0.15, -0.1) is 23.7 Å². The van der Waals surface area contributed by atoms with E-state index in [1.54, 1.807) is 30.3 Å². The van der Waals surface area contributed by atoms with E-state index in [1.165, 1.54) is 11.3 Å². The van der Waals surface area contributed by atoms with Crippen LogP contribution in [0, 0.1) is 0 Å². The van der Waals surface area contributed by atoms with E-state index < -0.39 is 0 Å². The molecule has 0 aliphatic carbocycles. The summed E-state index contributed by atoms with van der Waals surface area (Å²) in [5.74, 6) is 0.521. The molecule has 1 aromatic carbocycles. The van der Waals surface area contributed by atoms with Crippen LogP contribution in [-0.2, 0) is 4.79 Å². The number of ketones is 1. The minimum absolute atomic E-state index is 0. The third-order valence-electron chi connectivity index (χ3n) is 2.90. The minimum Gasteiger partial charge on any atom is -0.492 e. The average Bonchev–Trinajstić information content (AvgIpc) is 3.06. The Bertz CT molecular complexity index is 615. The minimum atomic E-state index is -0.180. The summed E-state index contributed by atoms with van der Waals surface area (Å²) < 4.78 is 5.35. The number of benzene rings is 1. The number of hydrogen-bond donors (Lipinski definition) is 2. The van der Waals surface area contributed by atoms with Crippen molar-refractivity contribution in [2.24, 2.45) is 5.73 Å². The van der Waals surface area contributed by atoms with Gasteiger partial charge in [-0.1, -0.05) is 6.07 Å². The Balaban J connectivity index is 0.00000264. The lowest BCUT2D eigenvalue weighted by Gasteiger charge is -2.07. The van der Waals surface area contributed by atoms with Gasteiger partial charge in [0.1, 0.15) is 12.4 Å². The van der Waals surface area contributed by atoms with Gasteiger partial charge in [-0.2, -0.15) is 0 Å². The van der Waals surface area contributed by atoms with E-state index >= 15 is 0 Å². The molecule has 7 heteroatoms. The number of ether oxygens (including phenoxy) is 1. The first-order valence-corrected chi connectivity index (χ1v) is 7.86. The number of Topliss-reactive ketones (excluding diaryl/α,β-unsaturated/α-hetero) is 1. The molecule has 5 nitrogen and oxygen atoms in total. The van der Waals surface area contributed by atoms with Gasteiger partial charge in [0.25, 0.3) is 0 Å². The highest BCUT2D eigenvalue weighted by atomic mass is 35.5. The first-order chi connectivity index (χ1) is 10.7. The van der Waals surface area contributed by atoms with Crippen molar-refractivity contribution in [3.05, 3.63) is 46.7 Å². The highest BCUT2D eigenvalue weighted by molar-refractivity contribution is 7.12. The molecule has 0 bridgehead atoms. The lowest BCUT2D eigenvalue weighted by molar-refractivity contribution is -0.116. The van der Waals surface area contributed by atoms with E-state index in [-0.39, 0.29) is 36.9 Å². The fraction of sp³-hybridized carbons (Fsp3) is 0.250. The number of carbonyl (C=O) groups excluding carboxylic acids is 2. The summed E-state index contributed by atoms with van der Waals surface area (Å²) >= 11 is 1.39. The van der Waals surface area contributed by atoms with Gasteiger partial charge in [-0.3, -0.25) is 9.59 Å². The third kappa shape index (κ3) is 6.40.